The molecule has 0 aliphatic rings. The molecule has 1 unspecified atom stereocenters. The van der Waals surface area contributed by atoms with Gasteiger partial charge in [-0.05, 0) is 47.9 Å². The van der Waals surface area contributed by atoms with Crippen LogP contribution in [0.5, 0.6) is 0 Å². The number of carbonyl (C=O) groups is 1. The van der Waals surface area contributed by atoms with E-state index in [0.29, 0.717) is 0 Å². The van der Waals surface area contributed by atoms with Crippen molar-refractivity contribution in [3.63, 3.8) is 0 Å². The molecule has 0 aliphatic heterocycles. The number of ether oxygens (including phenoxy) is 1. The number of methoxy groups -OCH3 is 1. The predicted molar refractivity (Wildman–Crippen MR) is 123 cm³/mol. The quantitative estimate of drug-likeness (QED) is 0.418. The maximum Gasteiger partial charge on any atom is 0.352 e. The lowest BCUT2D eigenvalue weighted by Gasteiger charge is -2.39. The normalized spacial score (nSPS) is 13.3. The molecule has 2 rings (SSSR count). The standard InChI is InChI=1S/C20H27Cl2N3O5Si/c1-20(2,3)31(5,6)30-14(12-29-4)11-24-17(26)10-23-25(19(24)28)13-7-8-16(21)15(9-13)18(22)27/h7-10,14H,11-12H2,1-6H3. The van der Waals surface area contributed by atoms with Crippen molar-refractivity contribution in [3.8, 4) is 5.69 Å². The molecule has 170 valence electrons. The van der Waals surface area contributed by atoms with E-state index >= 15 is 0 Å². The summed E-state index contributed by atoms with van der Waals surface area (Å²) in [5, 5.41) is 3.24. The smallest absolute Gasteiger partial charge is 0.352 e. The summed E-state index contributed by atoms with van der Waals surface area (Å²) in [6.07, 6.45) is 0.534. The molecule has 0 radical (unpaired) electrons. The van der Waals surface area contributed by atoms with Crippen LogP contribution in [0.2, 0.25) is 23.2 Å². The van der Waals surface area contributed by atoms with Crippen LogP contribution in [-0.4, -0.2) is 47.7 Å². The first-order valence-corrected chi connectivity index (χ1v) is 13.3. The third kappa shape index (κ3) is 5.92. The molecule has 2 aromatic rings. The summed E-state index contributed by atoms with van der Waals surface area (Å²) in [6.45, 7) is 10.7. The van der Waals surface area contributed by atoms with Gasteiger partial charge in [0, 0.05) is 7.11 Å². The first-order valence-electron chi connectivity index (χ1n) is 9.64. The fraction of sp³-hybridized carbons (Fsp3) is 0.500. The number of hydrogen-bond acceptors (Lipinski definition) is 6. The number of benzene rings is 1. The van der Waals surface area contributed by atoms with Gasteiger partial charge < -0.3 is 9.16 Å². The van der Waals surface area contributed by atoms with Gasteiger partial charge in [0.05, 0.1) is 35.5 Å². The van der Waals surface area contributed by atoms with Crippen LogP contribution in [0.1, 0.15) is 31.1 Å². The highest BCUT2D eigenvalue weighted by molar-refractivity contribution is 6.74. The van der Waals surface area contributed by atoms with Crippen molar-refractivity contribution in [2.45, 2.75) is 51.6 Å². The number of nitrogens with zero attached hydrogens (tertiary/aromatic N) is 3. The number of aromatic nitrogens is 3. The minimum absolute atomic E-state index is 0.00454. The summed E-state index contributed by atoms with van der Waals surface area (Å²) in [5.74, 6) is 0. The van der Waals surface area contributed by atoms with Crippen LogP contribution < -0.4 is 11.2 Å². The molecule has 31 heavy (non-hydrogen) atoms. The Kier molecular flexibility index (Phi) is 8.04. The van der Waals surface area contributed by atoms with Gasteiger partial charge in [0.15, 0.2) is 8.32 Å². The van der Waals surface area contributed by atoms with Crippen LogP contribution in [0.25, 0.3) is 5.69 Å². The molecule has 0 spiro atoms. The van der Waals surface area contributed by atoms with Crippen LogP contribution in [0, 0.1) is 0 Å². The van der Waals surface area contributed by atoms with E-state index < -0.39 is 30.9 Å². The van der Waals surface area contributed by atoms with Gasteiger partial charge in [-0.3, -0.25) is 14.2 Å². The fourth-order valence-corrected chi connectivity index (χ4v) is 4.42. The highest BCUT2D eigenvalue weighted by Gasteiger charge is 2.39. The molecule has 1 aromatic carbocycles. The van der Waals surface area contributed by atoms with E-state index in [4.69, 9.17) is 32.4 Å². The molecule has 0 amide bonds. The number of halogens is 2. The number of rotatable bonds is 8. The van der Waals surface area contributed by atoms with Gasteiger partial charge in [-0.25, -0.2) is 4.79 Å². The molecule has 0 N–H and O–H groups in total. The Morgan fingerprint density at radius 2 is 1.90 bits per heavy atom. The molecule has 1 heterocycles. The zero-order valence-electron chi connectivity index (χ0n) is 18.4. The Labute approximate surface area is 191 Å². The molecule has 8 nitrogen and oxygen atoms in total. The van der Waals surface area contributed by atoms with Gasteiger partial charge >= 0.3 is 5.69 Å². The summed E-state index contributed by atoms with van der Waals surface area (Å²) in [5.41, 5.74) is -0.960. The molecule has 0 aliphatic carbocycles. The Hall–Kier alpha value is -1.78. The monoisotopic (exact) mass is 487 g/mol. The van der Waals surface area contributed by atoms with E-state index in [1.54, 1.807) is 0 Å². The molecule has 1 atom stereocenters. The van der Waals surface area contributed by atoms with Crippen molar-refractivity contribution in [2.24, 2.45) is 0 Å². The van der Waals surface area contributed by atoms with Gasteiger partial charge in [-0.2, -0.15) is 9.78 Å². The van der Waals surface area contributed by atoms with E-state index in [9.17, 15) is 14.4 Å². The van der Waals surface area contributed by atoms with E-state index in [0.717, 1.165) is 15.4 Å². The van der Waals surface area contributed by atoms with Gasteiger partial charge in [0.25, 0.3) is 10.8 Å². The fourth-order valence-electron chi connectivity index (χ4n) is 2.68. The van der Waals surface area contributed by atoms with Crippen molar-refractivity contribution >= 4 is 36.8 Å². The zero-order valence-corrected chi connectivity index (χ0v) is 21.0. The van der Waals surface area contributed by atoms with Crippen LogP contribution >= 0.6 is 23.2 Å². The van der Waals surface area contributed by atoms with Crippen LogP contribution in [-0.2, 0) is 15.7 Å². The van der Waals surface area contributed by atoms with E-state index in [1.165, 1.54) is 25.3 Å². The zero-order chi connectivity index (χ0) is 23.6. The van der Waals surface area contributed by atoms with Gasteiger partial charge in [0.1, 0.15) is 6.20 Å². The molecular formula is C20H27Cl2N3O5Si. The summed E-state index contributed by atoms with van der Waals surface area (Å²) in [4.78, 5) is 37.1. The molecule has 0 fully saturated rings. The lowest BCUT2D eigenvalue weighted by molar-refractivity contribution is 0.0591. The third-order valence-corrected chi connectivity index (χ3v) is 10.4. The summed E-state index contributed by atoms with van der Waals surface area (Å²) >= 11 is 11.5. The van der Waals surface area contributed by atoms with E-state index in [2.05, 4.69) is 39.0 Å². The van der Waals surface area contributed by atoms with Crippen molar-refractivity contribution in [1.82, 2.24) is 14.3 Å². The minimum atomic E-state index is -2.18. The average molecular weight is 488 g/mol. The molecule has 1 aromatic heterocycles. The second-order valence-electron chi connectivity index (χ2n) is 8.68. The molecule has 0 saturated heterocycles. The first-order chi connectivity index (χ1) is 14.3. The third-order valence-electron chi connectivity index (χ3n) is 5.37. The van der Waals surface area contributed by atoms with Crippen LogP contribution in [0.15, 0.2) is 34.0 Å². The highest BCUT2D eigenvalue weighted by Crippen LogP contribution is 2.37. The van der Waals surface area contributed by atoms with E-state index in [-0.39, 0.29) is 34.5 Å². The Morgan fingerprint density at radius 1 is 1.26 bits per heavy atom. The topological polar surface area (TPSA) is 92.4 Å². The first kappa shape index (κ1) is 25.5. The molecule has 0 bridgehead atoms. The second kappa shape index (κ2) is 9.79. The minimum Gasteiger partial charge on any atom is -0.410 e. The van der Waals surface area contributed by atoms with Crippen LogP contribution in [0.4, 0.5) is 0 Å². The van der Waals surface area contributed by atoms with Crippen molar-refractivity contribution < 1.29 is 14.0 Å². The van der Waals surface area contributed by atoms with Crippen molar-refractivity contribution in [3.05, 3.63) is 55.8 Å². The van der Waals surface area contributed by atoms with Crippen molar-refractivity contribution in [1.29, 1.82) is 0 Å². The second-order valence-corrected chi connectivity index (χ2v) is 14.2. The SMILES string of the molecule is COCC(Cn1c(=O)cnn(-c2ccc(Cl)c(C(=O)Cl)c2)c1=O)O[Si](C)(C)C(C)(C)C. The van der Waals surface area contributed by atoms with Gasteiger partial charge in [-0.15, -0.1) is 0 Å². The summed E-state index contributed by atoms with van der Waals surface area (Å²) < 4.78 is 13.7. The number of carbonyl (C=O) groups excluding carboxylic acids is 1. The maximum absolute atomic E-state index is 13.1. The molecular weight excluding hydrogens is 461 g/mol. The molecule has 0 saturated carbocycles. The average Bonchev–Trinajstić information content (AvgIpc) is 2.64. The number of hydrogen-bond donors (Lipinski definition) is 0. The van der Waals surface area contributed by atoms with E-state index in [1.807, 2.05) is 0 Å². The maximum atomic E-state index is 13.1. The lowest BCUT2D eigenvalue weighted by atomic mass is 10.2. The Balaban J connectivity index is 2.48. The Bertz CT molecular complexity index is 1080. The largest absolute Gasteiger partial charge is 0.410 e. The van der Waals surface area contributed by atoms with Gasteiger partial charge in [0.2, 0.25) is 0 Å². The summed E-state index contributed by atoms with van der Waals surface area (Å²) in [7, 11) is -0.649. The van der Waals surface area contributed by atoms with Crippen molar-refractivity contribution in [2.75, 3.05) is 13.7 Å². The lowest BCUT2D eigenvalue weighted by Crippen LogP contribution is -2.49. The highest BCUT2D eigenvalue weighted by atomic mass is 35.5. The predicted octanol–water partition coefficient (Wildman–Crippen LogP) is 3.46. The molecule has 11 heteroatoms. The summed E-state index contributed by atoms with van der Waals surface area (Å²) in [6, 6.07) is 4.29. The van der Waals surface area contributed by atoms with Gasteiger partial charge in [-0.1, -0.05) is 32.4 Å². The Morgan fingerprint density at radius 3 is 2.45 bits per heavy atom. The van der Waals surface area contributed by atoms with Crippen LogP contribution in [0.3, 0.4) is 0 Å².